The number of hydrogen-bond donors (Lipinski definition) is 2. The minimum absolute atomic E-state index is 0.118. The predicted molar refractivity (Wildman–Crippen MR) is 121 cm³/mol. The average molecular weight is 440 g/mol. The summed E-state index contributed by atoms with van der Waals surface area (Å²) < 4.78 is 14.1. The van der Waals surface area contributed by atoms with Gasteiger partial charge in [0.15, 0.2) is 5.96 Å². The first-order valence-electron chi connectivity index (χ1n) is 11.2. The van der Waals surface area contributed by atoms with Crippen LogP contribution in [0.4, 0.5) is 4.39 Å². The molecular weight excluding hydrogens is 405 g/mol. The molecule has 0 unspecified atom stereocenters. The number of benzene rings is 1. The molecule has 2 aliphatic rings. The minimum atomic E-state index is -0.233. The lowest BCUT2D eigenvalue weighted by Gasteiger charge is -2.36. The zero-order valence-electron chi connectivity index (χ0n) is 18.0. The van der Waals surface area contributed by atoms with Crippen molar-refractivity contribution in [3.05, 3.63) is 34.6 Å². The third-order valence-electron chi connectivity index (χ3n) is 5.90. The Kier molecular flexibility index (Phi) is 9.18. The van der Waals surface area contributed by atoms with E-state index in [1.54, 1.807) is 12.1 Å². The van der Waals surface area contributed by atoms with Gasteiger partial charge in [0.2, 0.25) is 0 Å². The van der Waals surface area contributed by atoms with Crippen molar-refractivity contribution in [3.63, 3.8) is 0 Å². The van der Waals surface area contributed by atoms with E-state index >= 15 is 0 Å². The lowest BCUT2D eigenvalue weighted by Crippen LogP contribution is -2.52. The number of aliphatic hydroxyl groups excluding tert-OH is 1. The molecular formula is C22H35ClFN5O. The first-order chi connectivity index (χ1) is 14.6. The average Bonchev–Trinajstić information content (AvgIpc) is 2.75. The Hall–Kier alpha value is -1.41. The monoisotopic (exact) mass is 439 g/mol. The van der Waals surface area contributed by atoms with Crippen molar-refractivity contribution in [2.24, 2.45) is 4.99 Å². The summed E-state index contributed by atoms with van der Waals surface area (Å²) in [6, 6.07) is 4.87. The molecule has 30 heavy (non-hydrogen) atoms. The number of guanidine groups is 1. The molecule has 2 saturated heterocycles. The van der Waals surface area contributed by atoms with E-state index in [0.29, 0.717) is 17.1 Å². The van der Waals surface area contributed by atoms with Crippen LogP contribution >= 0.6 is 11.6 Å². The number of halogens is 2. The van der Waals surface area contributed by atoms with Gasteiger partial charge >= 0.3 is 0 Å². The van der Waals surface area contributed by atoms with E-state index in [2.05, 4.69) is 26.9 Å². The number of piperazine rings is 1. The molecule has 2 N–H and O–H groups in total. The zero-order valence-corrected chi connectivity index (χ0v) is 18.7. The van der Waals surface area contributed by atoms with Crippen LogP contribution in [0, 0.1) is 5.82 Å². The zero-order chi connectivity index (χ0) is 21.3. The van der Waals surface area contributed by atoms with E-state index in [-0.39, 0.29) is 11.9 Å². The second-order valence-corrected chi connectivity index (χ2v) is 8.53. The first-order valence-corrected chi connectivity index (χ1v) is 11.5. The molecule has 0 spiro atoms. The summed E-state index contributed by atoms with van der Waals surface area (Å²) in [4.78, 5) is 11.8. The quantitative estimate of drug-likeness (QED) is 0.388. The van der Waals surface area contributed by atoms with Crippen molar-refractivity contribution in [2.45, 2.75) is 38.8 Å². The van der Waals surface area contributed by atoms with Gasteiger partial charge in [-0.25, -0.2) is 4.39 Å². The summed E-state index contributed by atoms with van der Waals surface area (Å²) in [5, 5.41) is 13.5. The van der Waals surface area contributed by atoms with Crippen LogP contribution in [0.5, 0.6) is 0 Å². The van der Waals surface area contributed by atoms with Crippen molar-refractivity contribution < 1.29 is 9.50 Å². The van der Waals surface area contributed by atoms with Crippen LogP contribution in [-0.2, 0) is 6.54 Å². The van der Waals surface area contributed by atoms with Gasteiger partial charge in [0.05, 0.1) is 6.10 Å². The summed E-state index contributed by atoms with van der Waals surface area (Å²) in [7, 11) is 0. The van der Waals surface area contributed by atoms with Gasteiger partial charge in [-0.2, -0.15) is 0 Å². The number of nitrogens with zero attached hydrogens (tertiary/aromatic N) is 4. The van der Waals surface area contributed by atoms with Crippen LogP contribution in [0.25, 0.3) is 0 Å². The lowest BCUT2D eigenvalue weighted by atomic mass is 10.1. The van der Waals surface area contributed by atoms with Gasteiger partial charge in [0, 0.05) is 69.5 Å². The second kappa shape index (κ2) is 11.8. The van der Waals surface area contributed by atoms with Gasteiger partial charge in [-0.05, 0) is 44.9 Å². The summed E-state index contributed by atoms with van der Waals surface area (Å²) in [6.45, 7) is 10.7. The number of likely N-dealkylation sites (tertiary alicyclic amines) is 1. The van der Waals surface area contributed by atoms with Gasteiger partial charge in [-0.1, -0.05) is 17.7 Å². The van der Waals surface area contributed by atoms with E-state index in [0.717, 1.165) is 84.1 Å². The molecule has 0 atom stereocenters. The number of nitrogens with one attached hydrogen (secondary N) is 1. The highest BCUT2D eigenvalue weighted by Gasteiger charge is 2.21. The first kappa shape index (κ1) is 23.3. The van der Waals surface area contributed by atoms with Gasteiger partial charge in [0.25, 0.3) is 0 Å². The van der Waals surface area contributed by atoms with E-state index < -0.39 is 0 Å². The standard InChI is InChI=1S/C22H35ClFN5O/c1-2-25-22(26-9-4-10-27-11-7-18(30)8-12-27)29-15-13-28(14-16-29)17-19-20(23)5-3-6-21(19)24/h3,5-6,18,30H,2,4,7-17H2,1H3,(H,25,26). The SMILES string of the molecule is CCNC(=NCCCN1CCC(O)CC1)N1CCN(Cc2c(F)cccc2Cl)CC1. The van der Waals surface area contributed by atoms with Crippen molar-refractivity contribution in [3.8, 4) is 0 Å². The maximum absolute atomic E-state index is 14.1. The molecule has 0 radical (unpaired) electrons. The molecule has 2 fully saturated rings. The van der Waals surface area contributed by atoms with E-state index in [1.807, 2.05) is 0 Å². The molecule has 1 aromatic rings. The molecule has 3 rings (SSSR count). The second-order valence-electron chi connectivity index (χ2n) is 8.13. The Bertz CT molecular complexity index is 668. The maximum Gasteiger partial charge on any atom is 0.194 e. The number of rotatable bonds is 7. The summed E-state index contributed by atoms with van der Waals surface area (Å²) in [6.07, 6.45) is 2.67. The fourth-order valence-electron chi connectivity index (χ4n) is 4.07. The Balaban J connectivity index is 1.44. The molecule has 168 valence electrons. The summed E-state index contributed by atoms with van der Waals surface area (Å²) >= 11 is 6.18. The highest BCUT2D eigenvalue weighted by atomic mass is 35.5. The van der Waals surface area contributed by atoms with Crippen LogP contribution in [0.15, 0.2) is 23.2 Å². The molecule has 2 heterocycles. The topological polar surface area (TPSA) is 54.3 Å². The van der Waals surface area contributed by atoms with Crippen molar-refractivity contribution >= 4 is 17.6 Å². The van der Waals surface area contributed by atoms with Crippen LogP contribution in [0.1, 0.15) is 31.7 Å². The number of hydrogen-bond acceptors (Lipinski definition) is 4. The number of aliphatic hydroxyl groups is 1. The van der Waals surface area contributed by atoms with E-state index in [1.165, 1.54) is 6.07 Å². The smallest absolute Gasteiger partial charge is 0.194 e. The third kappa shape index (κ3) is 6.80. The van der Waals surface area contributed by atoms with Crippen molar-refractivity contribution in [2.75, 3.05) is 58.9 Å². The van der Waals surface area contributed by atoms with Gasteiger partial charge in [0.1, 0.15) is 5.82 Å². The lowest BCUT2D eigenvalue weighted by molar-refractivity contribution is 0.0824. The van der Waals surface area contributed by atoms with Crippen molar-refractivity contribution in [1.82, 2.24) is 20.0 Å². The molecule has 1 aromatic carbocycles. The fraction of sp³-hybridized carbons (Fsp3) is 0.682. The van der Waals surface area contributed by atoms with Crippen LogP contribution < -0.4 is 5.32 Å². The highest BCUT2D eigenvalue weighted by Crippen LogP contribution is 2.21. The summed E-state index contributed by atoms with van der Waals surface area (Å²) in [5.74, 6) is 0.734. The molecule has 0 aromatic heterocycles. The number of piperidine rings is 1. The van der Waals surface area contributed by atoms with Crippen LogP contribution in [0.3, 0.4) is 0 Å². The molecule has 8 heteroatoms. The Morgan fingerprint density at radius 1 is 1.17 bits per heavy atom. The highest BCUT2D eigenvalue weighted by molar-refractivity contribution is 6.31. The number of aliphatic imine (C=N–C) groups is 1. The van der Waals surface area contributed by atoms with E-state index in [4.69, 9.17) is 16.6 Å². The van der Waals surface area contributed by atoms with E-state index in [9.17, 15) is 9.50 Å². The molecule has 0 aliphatic carbocycles. The molecule has 2 aliphatic heterocycles. The molecule has 0 saturated carbocycles. The summed E-state index contributed by atoms with van der Waals surface area (Å²) in [5.41, 5.74) is 0.582. The molecule has 0 bridgehead atoms. The van der Waals surface area contributed by atoms with Gasteiger partial charge in [-0.15, -0.1) is 0 Å². The van der Waals surface area contributed by atoms with Crippen molar-refractivity contribution in [1.29, 1.82) is 0 Å². The minimum Gasteiger partial charge on any atom is -0.393 e. The third-order valence-corrected chi connectivity index (χ3v) is 6.26. The van der Waals surface area contributed by atoms with Gasteiger partial charge < -0.3 is 20.2 Å². The largest absolute Gasteiger partial charge is 0.393 e. The maximum atomic E-state index is 14.1. The fourth-order valence-corrected chi connectivity index (χ4v) is 4.30. The molecule has 6 nitrogen and oxygen atoms in total. The van der Waals surface area contributed by atoms with Crippen LogP contribution in [-0.4, -0.2) is 90.8 Å². The van der Waals surface area contributed by atoms with Crippen LogP contribution in [0.2, 0.25) is 5.02 Å². The Labute approximate surface area is 184 Å². The Morgan fingerprint density at radius 3 is 2.57 bits per heavy atom. The Morgan fingerprint density at radius 2 is 1.90 bits per heavy atom. The predicted octanol–water partition coefficient (Wildman–Crippen LogP) is 2.41. The van der Waals surface area contributed by atoms with Gasteiger partial charge in [-0.3, -0.25) is 9.89 Å². The normalized spacial score (nSPS) is 20.0. The molecule has 0 amide bonds.